The molecule has 2 aromatic carbocycles. The normalized spacial score (nSPS) is 12.2. The smallest absolute Gasteiger partial charge is 0.422 e. The molecule has 0 aliphatic carbocycles. The number of nitriles is 1. The Bertz CT molecular complexity index is 1030. The molecule has 13 heteroatoms. The summed E-state index contributed by atoms with van der Waals surface area (Å²) in [6.07, 6.45) is -9.50. The van der Waals surface area contributed by atoms with Gasteiger partial charge in [0.05, 0.1) is 11.6 Å². The van der Waals surface area contributed by atoms with Crippen LogP contribution in [0.3, 0.4) is 0 Å². The fourth-order valence-corrected chi connectivity index (χ4v) is 3.27. The predicted octanol–water partition coefficient (Wildman–Crippen LogP) is 4.24. The van der Waals surface area contributed by atoms with Gasteiger partial charge >= 0.3 is 12.4 Å². The summed E-state index contributed by atoms with van der Waals surface area (Å²) in [5, 5.41) is 8.75. The van der Waals surface area contributed by atoms with E-state index in [1.54, 1.807) is 0 Å². The van der Waals surface area contributed by atoms with Gasteiger partial charge in [-0.2, -0.15) is 31.6 Å². The maximum atomic E-state index is 12.6. The summed E-state index contributed by atoms with van der Waals surface area (Å²) in [6.45, 7) is -3.56. The maximum absolute atomic E-state index is 12.6. The van der Waals surface area contributed by atoms with E-state index in [9.17, 15) is 34.8 Å². The molecule has 0 heterocycles. The number of halogens is 6. The molecule has 0 saturated heterocycles. The highest BCUT2D eigenvalue weighted by atomic mass is 32.2. The third-order valence-corrected chi connectivity index (χ3v) is 4.67. The quantitative estimate of drug-likeness (QED) is 0.633. The molecule has 0 aliphatic rings. The van der Waals surface area contributed by atoms with Crippen LogP contribution in [0.25, 0.3) is 0 Å². The van der Waals surface area contributed by atoms with Crippen molar-refractivity contribution in [1.29, 1.82) is 5.26 Å². The van der Waals surface area contributed by atoms with Crippen LogP contribution in [0.4, 0.5) is 32.0 Å². The SMILES string of the molecule is N#Cc1ccc(NS(=O)(=O)c2cc(OCC(F)(F)F)ccc2OCC(F)(F)F)cc1. The highest BCUT2D eigenvalue weighted by Gasteiger charge is 2.31. The Hall–Kier alpha value is -3.14. The van der Waals surface area contributed by atoms with E-state index in [1.165, 1.54) is 24.3 Å². The van der Waals surface area contributed by atoms with Crippen molar-refractivity contribution in [1.82, 2.24) is 0 Å². The Labute approximate surface area is 166 Å². The van der Waals surface area contributed by atoms with Crippen molar-refractivity contribution in [2.24, 2.45) is 0 Å². The first kappa shape index (κ1) is 23.1. The van der Waals surface area contributed by atoms with E-state index in [0.717, 1.165) is 12.1 Å². The molecule has 1 N–H and O–H groups in total. The molecule has 0 bridgehead atoms. The molecule has 0 atom stereocenters. The average Bonchev–Trinajstić information content (AvgIpc) is 2.64. The van der Waals surface area contributed by atoms with Gasteiger partial charge in [0.15, 0.2) is 13.2 Å². The summed E-state index contributed by atoms with van der Waals surface area (Å²) in [7, 11) is -4.59. The molecule has 6 nitrogen and oxygen atoms in total. The van der Waals surface area contributed by atoms with E-state index >= 15 is 0 Å². The Balaban J connectivity index is 2.38. The lowest BCUT2D eigenvalue weighted by Gasteiger charge is -2.16. The number of nitrogens with one attached hydrogen (secondary N) is 1. The van der Waals surface area contributed by atoms with Crippen LogP contribution in [-0.2, 0) is 10.0 Å². The molecule has 0 radical (unpaired) electrons. The zero-order chi connectivity index (χ0) is 22.6. The summed E-state index contributed by atoms with van der Waals surface area (Å²) in [6, 6.07) is 9.02. The van der Waals surface area contributed by atoms with E-state index in [-0.39, 0.29) is 11.3 Å². The Kier molecular flexibility index (Phi) is 6.71. The highest BCUT2D eigenvalue weighted by Crippen LogP contribution is 2.32. The summed E-state index contributed by atoms with van der Waals surface area (Å²) >= 11 is 0. The first-order chi connectivity index (χ1) is 13.8. The minimum absolute atomic E-state index is 0.0441. The second-order valence-corrected chi connectivity index (χ2v) is 7.36. The molecule has 162 valence electrons. The molecule has 0 fully saturated rings. The third kappa shape index (κ3) is 7.03. The molecule has 2 rings (SSSR count). The van der Waals surface area contributed by atoms with Gasteiger partial charge in [0.1, 0.15) is 16.4 Å². The van der Waals surface area contributed by atoms with Gasteiger partial charge in [-0.3, -0.25) is 4.72 Å². The van der Waals surface area contributed by atoms with E-state index in [2.05, 4.69) is 9.47 Å². The van der Waals surface area contributed by atoms with Crippen molar-refractivity contribution in [2.45, 2.75) is 17.2 Å². The number of hydrogen-bond donors (Lipinski definition) is 1. The molecule has 30 heavy (non-hydrogen) atoms. The maximum Gasteiger partial charge on any atom is 0.422 e. The second kappa shape index (κ2) is 8.70. The minimum Gasteiger partial charge on any atom is -0.484 e. The van der Waals surface area contributed by atoms with Crippen molar-refractivity contribution in [2.75, 3.05) is 17.9 Å². The third-order valence-electron chi connectivity index (χ3n) is 3.26. The summed E-state index contributed by atoms with van der Waals surface area (Å²) < 4.78 is 111. The predicted molar refractivity (Wildman–Crippen MR) is 91.5 cm³/mol. The number of benzene rings is 2. The molecule has 0 amide bonds. The fourth-order valence-electron chi connectivity index (χ4n) is 2.06. The molecule has 0 aliphatic heterocycles. The number of alkyl halides is 6. The monoisotopic (exact) mass is 454 g/mol. The van der Waals surface area contributed by atoms with Gasteiger partial charge in [0, 0.05) is 11.8 Å². The average molecular weight is 454 g/mol. The zero-order valence-electron chi connectivity index (χ0n) is 14.7. The fraction of sp³-hybridized carbons (Fsp3) is 0.235. The summed E-state index contributed by atoms with van der Waals surface area (Å²) in [5.41, 5.74) is 0.173. The van der Waals surface area contributed by atoms with Gasteiger partial charge < -0.3 is 9.47 Å². The largest absolute Gasteiger partial charge is 0.484 e. The first-order valence-corrected chi connectivity index (χ1v) is 9.33. The lowest BCUT2D eigenvalue weighted by atomic mass is 10.2. The first-order valence-electron chi connectivity index (χ1n) is 7.85. The van der Waals surface area contributed by atoms with Crippen molar-refractivity contribution in [3.05, 3.63) is 48.0 Å². The number of ether oxygens (including phenoxy) is 2. The van der Waals surface area contributed by atoms with Crippen molar-refractivity contribution < 1.29 is 44.2 Å². The lowest BCUT2D eigenvalue weighted by Crippen LogP contribution is -2.22. The summed E-state index contributed by atoms with van der Waals surface area (Å²) in [4.78, 5) is -0.865. The van der Waals surface area contributed by atoms with Crippen LogP contribution in [0.1, 0.15) is 5.56 Å². The highest BCUT2D eigenvalue weighted by molar-refractivity contribution is 7.92. The van der Waals surface area contributed by atoms with Crippen molar-refractivity contribution >= 4 is 15.7 Å². The Morgan fingerprint density at radius 1 is 0.900 bits per heavy atom. The van der Waals surface area contributed by atoms with Gasteiger partial charge in [-0.15, -0.1) is 0 Å². The minimum atomic E-state index is -4.78. The standard InChI is InChI=1S/C17H12F6N2O4S/c18-16(19,20)9-28-13-5-6-14(29-10-17(21,22)23)15(7-13)30(26,27)25-12-3-1-11(8-24)2-4-12/h1-7,25H,9-10H2. The molecule has 0 spiro atoms. The van der Waals surface area contributed by atoms with Crippen LogP contribution < -0.4 is 14.2 Å². The molecule has 2 aromatic rings. The lowest BCUT2D eigenvalue weighted by molar-refractivity contribution is -0.154. The van der Waals surface area contributed by atoms with Crippen LogP contribution in [-0.4, -0.2) is 34.0 Å². The molecular weight excluding hydrogens is 442 g/mol. The Morgan fingerprint density at radius 2 is 1.47 bits per heavy atom. The zero-order valence-corrected chi connectivity index (χ0v) is 15.5. The van der Waals surface area contributed by atoms with E-state index < -0.39 is 52.0 Å². The molecule has 0 aromatic heterocycles. The van der Waals surface area contributed by atoms with Crippen molar-refractivity contribution in [3.8, 4) is 17.6 Å². The van der Waals surface area contributed by atoms with E-state index in [1.807, 2.05) is 10.8 Å². The number of nitrogens with zero attached hydrogens (tertiary/aromatic N) is 1. The van der Waals surface area contributed by atoms with E-state index in [0.29, 0.717) is 6.07 Å². The van der Waals surface area contributed by atoms with Gasteiger partial charge in [0.25, 0.3) is 10.0 Å². The van der Waals surface area contributed by atoms with Crippen LogP contribution in [0.2, 0.25) is 0 Å². The van der Waals surface area contributed by atoms with Crippen LogP contribution in [0.5, 0.6) is 11.5 Å². The van der Waals surface area contributed by atoms with Crippen LogP contribution >= 0.6 is 0 Å². The number of sulfonamides is 1. The van der Waals surface area contributed by atoms with Crippen LogP contribution in [0.15, 0.2) is 47.4 Å². The molecule has 0 saturated carbocycles. The Morgan fingerprint density at radius 3 is 2.00 bits per heavy atom. The van der Waals surface area contributed by atoms with Gasteiger partial charge in [-0.1, -0.05) is 0 Å². The molecule has 0 unspecified atom stereocenters. The van der Waals surface area contributed by atoms with Gasteiger partial charge in [-0.25, -0.2) is 8.42 Å². The van der Waals surface area contributed by atoms with Crippen LogP contribution in [0, 0.1) is 11.3 Å². The van der Waals surface area contributed by atoms with Gasteiger partial charge in [0.2, 0.25) is 0 Å². The second-order valence-electron chi connectivity index (χ2n) is 5.71. The van der Waals surface area contributed by atoms with Crippen molar-refractivity contribution in [3.63, 3.8) is 0 Å². The number of anilines is 1. The summed E-state index contributed by atoms with van der Waals surface area (Å²) in [5.74, 6) is -1.29. The van der Waals surface area contributed by atoms with Gasteiger partial charge in [-0.05, 0) is 36.4 Å². The topological polar surface area (TPSA) is 88.4 Å². The number of hydrogen-bond acceptors (Lipinski definition) is 5. The molecular formula is C17H12F6N2O4S. The number of rotatable bonds is 7. The van der Waals surface area contributed by atoms with E-state index in [4.69, 9.17) is 5.26 Å².